The van der Waals surface area contributed by atoms with Gasteiger partial charge in [-0.15, -0.1) is 11.3 Å². The van der Waals surface area contributed by atoms with Gasteiger partial charge in [0.1, 0.15) is 16.7 Å². The monoisotopic (exact) mass is 366 g/mol. The number of aromatic nitrogens is 4. The summed E-state index contributed by atoms with van der Waals surface area (Å²) >= 11 is 5.01. The number of rotatable bonds is 2. The van der Waals surface area contributed by atoms with E-state index in [1.807, 2.05) is 33.9 Å². The quantitative estimate of drug-likeness (QED) is 0.754. The topological polar surface area (TPSA) is 63.6 Å². The maximum Gasteiger partial charge on any atom is 0.259 e. The Labute approximate surface area is 134 Å². The van der Waals surface area contributed by atoms with Gasteiger partial charge in [0.15, 0.2) is 0 Å². The maximum atomic E-state index is 12.3. The second-order valence-electron chi connectivity index (χ2n) is 5.13. The average Bonchev–Trinajstić information content (AvgIpc) is 2.90. The largest absolute Gasteiger partial charge is 0.308 e. The van der Waals surface area contributed by atoms with Crippen molar-refractivity contribution in [2.75, 3.05) is 0 Å². The van der Waals surface area contributed by atoms with Gasteiger partial charge in [-0.2, -0.15) is 5.10 Å². The molecule has 3 aromatic heterocycles. The van der Waals surface area contributed by atoms with Crippen molar-refractivity contribution in [1.29, 1.82) is 0 Å². The molecule has 0 aromatic carbocycles. The first-order valence-electron chi connectivity index (χ1n) is 6.59. The van der Waals surface area contributed by atoms with E-state index >= 15 is 0 Å². The Morgan fingerprint density at radius 1 is 1.38 bits per heavy atom. The predicted octanol–water partition coefficient (Wildman–Crippen LogP) is 3.48. The molecule has 5 nitrogen and oxygen atoms in total. The number of halogens is 1. The number of H-pyrrole nitrogens is 1. The van der Waals surface area contributed by atoms with Gasteiger partial charge < -0.3 is 4.98 Å². The van der Waals surface area contributed by atoms with Crippen LogP contribution in [0.25, 0.3) is 10.2 Å². The first-order chi connectivity index (χ1) is 9.88. The molecule has 3 heterocycles. The van der Waals surface area contributed by atoms with Crippen LogP contribution in [0.15, 0.2) is 15.5 Å². The van der Waals surface area contributed by atoms with Crippen LogP contribution in [0.1, 0.15) is 34.9 Å². The van der Waals surface area contributed by atoms with Crippen LogP contribution in [0, 0.1) is 20.8 Å². The van der Waals surface area contributed by atoms with E-state index in [1.165, 1.54) is 0 Å². The normalized spacial score (nSPS) is 13.0. The van der Waals surface area contributed by atoms with Crippen molar-refractivity contribution in [2.45, 2.75) is 33.7 Å². The van der Waals surface area contributed by atoms with Crippen LogP contribution in [-0.2, 0) is 0 Å². The Balaban J connectivity index is 2.14. The Bertz CT molecular complexity index is 873. The van der Waals surface area contributed by atoms with Crippen molar-refractivity contribution in [3.63, 3.8) is 0 Å². The first-order valence-corrected chi connectivity index (χ1v) is 8.20. The second-order valence-corrected chi connectivity index (χ2v) is 7.19. The van der Waals surface area contributed by atoms with Crippen molar-refractivity contribution in [1.82, 2.24) is 19.7 Å². The SMILES string of the molecule is Cc1nn([C@H](C)c2nc3sc(C)c(C)c3c(=O)[nH]2)cc1Br. The lowest BCUT2D eigenvalue weighted by atomic mass is 10.2. The number of nitrogens with one attached hydrogen (secondary N) is 1. The lowest BCUT2D eigenvalue weighted by Gasteiger charge is -2.11. The fraction of sp³-hybridized carbons (Fsp3) is 0.357. The highest BCUT2D eigenvalue weighted by Gasteiger charge is 2.17. The second kappa shape index (κ2) is 5.06. The molecule has 0 saturated carbocycles. The molecular weight excluding hydrogens is 352 g/mol. The minimum Gasteiger partial charge on any atom is -0.308 e. The highest BCUT2D eigenvalue weighted by Crippen LogP contribution is 2.27. The van der Waals surface area contributed by atoms with Gasteiger partial charge in [0.2, 0.25) is 0 Å². The highest BCUT2D eigenvalue weighted by molar-refractivity contribution is 9.10. The van der Waals surface area contributed by atoms with E-state index in [-0.39, 0.29) is 11.6 Å². The third-order valence-corrected chi connectivity index (χ3v) is 5.59. The summed E-state index contributed by atoms with van der Waals surface area (Å²) in [6, 6.07) is -0.130. The minimum absolute atomic E-state index is 0.0772. The van der Waals surface area contributed by atoms with E-state index in [4.69, 9.17) is 0 Å². The molecule has 21 heavy (non-hydrogen) atoms. The third-order valence-electron chi connectivity index (χ3n) is 3.71. The Hall–Kier alpha value is -1.47. The smallest absolute Gasteiger partial charge is 0.259 e. The number of nitrogens with zero attached hydrogens (tertiary/aromatic N) is 3. The van der Waals surface area contributed by atoms with E-state index in [1.54, 1.807) is 16.0 Å². The van der Waals surface area contributed by atoms with Gasteiger partial charge in [-0.05, 0) is 49.2 Å². The van der Waals surface area contributed by atoms with E-state index in [2.05, 4.69) is 31.0 Å². The molecule has 0 unspecified atom stereocenters. The molecule has 0 radical (unpaired) electrons. The molecule has 0 saturated heterocycles. The van der Waals surface area contributed by atoms with E-state index in [0.717, 1.165) is 25.4 Å². The summed E-state index contributed by atoms with van der Waals surface area (Å²) in [6.45, 7) is 7.87. The third kappa shape index (κ3) is 2.34. The summed E-state index contributed by atoms with van der Waals surface area (Å²) in [5.74, 6) is 0.628. The van der Waals surface area contributed by atoms with Crippen molar-refractivity contribution >= 4 is 37.5 Å². The van der Waals surface area contributed by atoms with Gasteiger partial charge in [-0.3, -0.25) is 9.48 Å². The molecule has 110 valence electrons. The number of thiophene rings is 1. The molecule has 0 aliphatic rings. The van der Waals surface area contributed by atoms with Crippen LogP contribution in [-0.4, -0.2) is 19.7 Å². The summed E-state index contributed by atoms with van der Waals surface area (Å²) in [6.07, 6.45) is 1.90. The van der Waals surface area contributed by atoms with Crippen molar-refractivity contribution < 1.29 is 0 Å². The Morgan fingerprint density at radius 3 is 2.71 bits per heavy atom. The van der Waals surface area contributed by atoms with Gasteiger partial charge in [0.25, 0.3) is 5.56 Å². The average molecular weight is 367 g/mol. The molecule has 0 amide bonds. The van der Waals surface area contributed by atoms with E-state index in [9.17, 15) is 4.79 Å². The van der Waals surface area contributed by atoms with Gasteiger partial charge in [-0.1, -0.05) is 0 Å². The van der Waals surface area contributed by atoms with Crippen LogP contribution >= 0.6 is 27.3 Å². The highest BCUT2D eigenvalue weighted by atomic mass is 79.9. The number of aromatic amines is 1. The number of hydrogen-bond acceptors (Lipinski definition) is 4. The molecule has 1 atom stereocenters. The lowest BCUT2D eigenvalue weighted by Crippen LogP contribution is -2.17. The van der Waals surface area contributed by atoms with Crippen molar-refractivity contribution in [2.24, 2.45) is 0 Å². The van der Waals surface area contributed by atoms with Crippen LogP contribution < -0.4 is 5.56 Å². The molecule has 0 spiro atoms. The fourth-order valence-electron chi connectivity index (χ4n) is 2.25. The van der Waals surface area contributed by atoms with Crippen LogP contribution in [0.2, 0.25) is 0 Å². The summed E-state index contributed by atoms with van der Waals surface area (Å²) in [5.41, 5.74) is 1.85. The van der Waals surface area contributed by atoms with E-state index < -0.39 is 0 Å². The predicted molar refractivity (Wildman–Crippen MR) is 88.2 cm³/mol. The molecular formula is C14H15BrN4OS. The Morgan fingerprint density at radius 2 is 2.10 bits per heavy atom. The molecule has 3 aromatic rings. The van der Waals surface area contributed by atoms with Gasteiger partial charge >= 0.3 is 0 Å². The maximum absolute atomic E-state index is 12.3. The van der Waals surface area contributed by atoms with Gasteiger partial charge in [0, 0.05) is 11.1 Å². The van der Waals surface area contributed by atoms with Crippen LogP contribution in [0.4, 0.5) is 0 Å². The summed E-state index contributed by atoms with van der Waals surface area (Å²) < 4.78 is 2.75. The lowest BCUT2D eigenvalue weighted by molar-refractivity contribution is 0.533. The first kappa shape index (κ1) is 14.5. The molecule has 0 bridgehead atoms. The molecule has 7 heteroatoms. The standard InChI is InChI=1S/C14H15BrN4OS/c1-6-9(4)21-14-11(6)13(20)16-12(17-14)8(3)19-5-10(15)7(2)18-19/h5,8H,1-4H3,(H,16,17,20)/t8-/m1/s1. The van der Waals surface area contributed by atoms with Crippen LogP contribution in [0.5, 0.6) is 0 Å². The van der Waals surface area contributed by atoms with Crippen LogP contribution in [0.3, 0.4) is 0 Å². The number of aryl methyl sites for hydroxylation is 3. The van der Waals surface area contributed by atoms with Gasteiger partial charge in [-0.25, -0.2) is 4.98 Å². The van der Waals surface area contributed by atoms with Crippen molar-refractivity contribution in [3.05, 3.63) is 43.0 Å². The zero-order valence-electron chi connectivity index (χ0n) is 12.2. The fourth-order valence-corrected chi connectivity index (χ4v) is 3.58. The molecule has 0 aliphatic carbocycles. The molecule has 0 fully saturated rings. The minimum atomic E-state index is -0.130. The summed E-state index contributed by atoms with van der Waals surface area (Å²) in [7, 11) is 0. The zero-order valence-corrected chi connectivity index (χ0v) is 14.6. The number of hydrogen-bond donors (Lipinski definition) is 1. The molecule has 3 rings (SSSR count). The molecule has 0 aliphatic heterocycles. The number of fused-ring (bicyclic) bond motifs is 1. The van der Waals surface area contributed by atoms with Gasteiger partial charge in [0.05, 0.1) is 15.6 Å². The summed E-state index contributed by atoms with van der Waals surface area (Å²) in [5, 5.41) is 5.13. The van der Waals surface area contributed by atoms with E-state index in [0.29, 0.717) is 11.2 Å². The van der Waals surface area contributed by atoms with Crippen molar-refractivity contribution in [3.8, 4) is 0 Å². The zero-order chi connectivity index (χ0) is 15.3. The Kier molecular flexibility index (Phi) is 3.49. The summed E-state index contributed by atoms with van der Waals surface area (Å²) in [4.78, 5) is 21.7. The molecule has 1 N–H and O–H groups in total.